The third-order valence-corrected chi connectivity index (χ3v) is 5.07. The summed E-state index contributed by atoms with van der Waals surface area (Å²) in [5.74, 6) is 0.0304. The largest absolute Gasteiger partial charge is 0.338 e. The first kappa shape index (κ1) is 18.2. The lowest BCUT2D eigenvalue weighted by Gasteiger charge is -2.36. The Kier molecular flexibility index (Phi) is 5.67. The molecule has 144 valence electrons. The minimum Gasteiger partial charge on any atom is -0.338 e. The third-order valence-electron chi connectivity index (χ3n) is 5.07. The second kappa shape index (κ2) is 8.71. The summed E-state index contributed by atoms with van der Waals surface area (Å²) in [6, 6.07) is 15.1. The standard InChI is InChI=1S/C20H23N7O/c28-20(19(27-16-22-23-24-27)17-6-2-1-3-7-17)26-14-12-25(13-15-26)11-9-18-8-4-5-10-21-18/h1-8,10,16,19H,9,11-15H2/t19-/m1/s1. The van der Waals surface area contributed by atoms with E-state index in [1.165, 1.54) is 11.0 Å². The summed E-state index contributed by atoms with van der Waals surface area (Å²) in [7, 11) is 0. The van der Waals surface area contributed by atoms with Crippen LogP contribution in [0.25, 0.3) is 0 Å². The molecule has 3 heterocycles. The molecule has 0 N–H and O–H groups in total. The molecular weight excluding hydrogens is 354 g/mol. The van der Waals surface area contributed by atoms with Gasteiger partial charge in [0.25, 0.3) is 5.91 Å². The van der Waals surface area contributed by atoms with Gasteiger partial charge in [0.1, 0.15) is 6.33 Å². The Labute approximate surface area is 163 Å². The summed E-state index contributed by atoms with van der Waals surface area (Å²) >= 11 is 0. The lowest BCUT2D eigenvalue weighted by molar-refractivity contribution is -0.135. The van der Waals surface area contributed by atoms with Crippen molar-refractivity contribution >= 4 is 5.91 Å². The molecule has 0 bridgehead atoms. The fourth-order valence-electron chi connectivity index (χ4n) is 3.51. The van der Waals surface area contributed by atoms with E-state index >= 15 is 0 Å². The van der Waals surface area contributed by atoms with Gasteiger partial charge in [-0.15, -0.1) is 5.10 Å². The molecule has 0 unspecified atom stereocenters. The highest BCUT2D eigenvalue weighted by atomic mass is 16.2. The van der Waals surface area contributed by atoms with Crippen LogP contribution in [0.1, 0.15) is 17.3 Å². The van der Waals surface area contributed by atoms with Crippen molar-refractivity contribution in [2.75, 3.05) is 32.7 Å². The summed E-state index contributed by atoms with van der Waals surface area (Å²) in [5, 5.41) is 11.4. The van der Waals surface area contributed by atoms with Gasteiger partial charge in [-0.05, 0) is 28.1 Å². The van der Waals surface area contributed by atoms with Crippen LogP contribution in [-0.4, -0.2) is 73.6 Å². The Hall–Kier alpha value is -3.13. The minimum atomic E-state index is -0.531. The van der Waals surface area contributed by atoms with Crippen LogP contribution >= 0.6 is 0 Å². The first-order valence-corrected chi connectivity index (χ1v) is 9.50. The van der Waals surface area contributed by atoms with Gasteiger partial charge in [0.2, 0.25) is 0 Å². The zero-order valence-electron chi connectivity index (χ0n) is 15.6. The van der Waals surface area contributed by atoms with E-state index in [-0.39, 0.29) is 5.91 Å². The van der Waals surface area contributed by atoms with E-state index in [9.17, 15) is 4.79 Å². The van der Waals surface area contributed by atoms with Crippen molar-refractivity contribution in [3.63, 3.8) is 0 Å². The zero-order chi connectivity index (χ0) is 19.2. The molecule has 0 aliphatic carbocycles. The Bertz CT molecular complexity index is 862. The highest BCUT2D eigenvalue weighted by molar-refractivity contribution is 5.83. The smallest absolute Gasteiger partial charge is 0.252 e. The van der Waals surface area contributed by atoms with Gasteiger partial charge >= 0.3 is 0 Å². The van der Waals surface area contributed by atoms with Crippen LogP contribution in [0, 0.1) is 0 Å². The van der Waals surface area contributed by atoms with Crippen LogP contribution in [0.15, 0.2) is 61.1 Å². The van der Waals surface area contributed by atoms with Crippen LogP contribution < -0.4 is 0 Å². The number of tetrazole rings is 1. The fraction of sp³-hybridized carbons (Fsp3) is 0.350. The van der Waals surface area contributed by atoms with E-state index in [1.54, 1.807) is 0 Å². The Morgan fingerprint density at radius 3 is 2.46 bits per heavy atom. The average Bonchev–Trinajstić information content (AvgIpc) is 3.28. The Morgan fingerprint density at radius 1 is 1.00 bits per heavy atom. The molecule has 1 aliphatic rings. The number of benzene rings is 1. The van der Waals surface area contributed by atoms with E-state index in [0.29, 0.717) is 13.1 Å². The molecule has 3 aromatic rings. The molecule has 1 saturated heterocycles. The quantitative estimate of drug-likeness (QED) is 0.639. The summed E-state index contributed by atoms with van der Waals surface area (Å²) in [6.45, 7) is 4.07. The van der Waals surface area contributed by atoms with Crippen molar-refractivity contribution in [3.05, 3.63) is 72.3 Å². The predicted molar refractivity (Wildman–Crippen MR) is 103 cm³/mol. The van der Waals surface area contributed by atoms with Crippen molar-refractivity contribution in [2.45, 2.75) is 12.5 Å². The maximum atomic E-state index is 13.3. The molecule has 2 aromatic heterocycles. The van der Waals surface area contributed by atoms with E-state index in [4.69, 9.17) is 0 Å². The molecule has 0 spiro atoms. The number of carbonyl (C=O) groups excluding carboxylic acids is 1. The number of amides is 1. The van der Waals surface area contributed by atoms with Crippen molar-refractivity contribution in [2.24, 2.45) is 0 Å². The van der Waals surface area contributed by atoms with Crippen molar-refractivity contribution < 1.29 is 4.79 Å². The Balaban J connectivity index is 1.38. The molecule has 1 aliphatic heterocycles. The monoisotopic (exact) mass is 377 g/mol. The molecule has 8 heteroatoms. The molecule has 28 heavy (non-hydrogen) atoms. The number of rotatable bonds is 6. The maximum Gasteiger partial charge on any atom is 0.252 e. The molecule has 1 fully saturated rings. The van der Waals surface area contributed by atoms with Crippen LogP contribution in [0.4, 0.5) is 0 Å². The zero-order valence-corrected chi connectivity index (χ0v) is 15.6. The first-order valence-electron chi connectivity index (χ1n) is 9.50. The maximum absolute atomic E-state index is 13.3. The number of carbonyl (C=O) groups is 1. The fourth-order valence-corrected chi connectivity index (χ4v) is 3.51. The van der Waals surface area contributed by atoms with Gasteiger partial charge < -0.3 is 4.90 Å². The number of hydrogen-bond acceptors (Lipinski definition) is 6. The number of pyridine rings is 1. The molecule has 1 aromatic carbocycles. The lowest BCUT2D eigenvalue weighted by atomic mass is 10.1. The van der Waals surface area contributed by atoms with Crippen molar-refractivity contribution in [1.82, 2.24) is 35.0 Å². The summed E-state index contributed by atoms with van der Waals surface area (Å²) in [4.78, 5) is 21.9. The van der Waals surface area contributed by atoms with Crippen LogP contribution in [-0.2, 0) is 11.2 Å². The highest BCUT2D eigenvalue weighted by Crippen LogP contribution is 2.20. The van der Waals surface area contributed by atoms with Gasteiger partial charge in [0.15, 0.2) is 6.04 Å². The van der Waals surface area contributed by atoms with Gasteiger partial charge in [0.05, 0.1) is 0 Å². The minimum absolute atomic E-state index is 0.0304. The van der Waals surface area contributed by atoms with Crippen molar-refractivity contribution in [1.29, 1.82) is 0 Å². The van der Waals surface area contributed by atoms with Gasteiger partial charge in [-0.3, -0.25) is 14.7 Å². The van der Waals surface area contributed by atoms with E-state index < -0.39 is 6.04 Å². The van der Waals surface area contributed by atoms with E-state index in [1.807, 2.05) is 53.6 Å². The molecule has 0 saturated carbocycles. The molecule has 8 nitrogen and oxygen atoms in total. The topological polar surface area (TPSA) is 80.0 Å². The number of piperazine rings is 1. The van der Waals surface area contributed by atoms with Crippen molar-refractivity contribution in [3.8, 4) is 0 Å². The lowest BCUT2D eigenvalue weighted by Crippen LogP contribution is -2.51. The van der Waals surface area contributed by atoms with Gasteiger partial charge in [-0.1, -0.05) is 36.4 Å². The first-order chi connectivity index (χ1) is 13.8. The van der Waals surface area contributed by atoms with Crippen LogP contribution in [0.5, 0.6) is 0 Å². The number of nitrogens with zero attached hydrogens (tertiary/aromatic N) is 7. The highest BCUT2D eigenvalue weighted by Gasteiger charge is 2.30. The molecule has 1 atom stereocenters. The molecule has 1 amide bonds. The predicted octanol–water partition coefficient (Wildman–Crippen LogP) is 1.04. The van der Waals surface area contributed by atoms with Crippen LogP contribution in [0.3, 0.4) is 0 Å². The summed E-state index contributed by atoms with van der Waals surface area (Å²) in [6.07, 6.45) is 4.25. The van der Waals surface area contributed by atoms with E-state index in [2.05, 4.69) is 31.5 Å². The third kappa shape index (κ3) is 4.23. The van der Waals surface area contributed by atoms with E-state index in [0.717, 1.165) is 37.3 Å². The van der Waals surface area contributed by atoms with Crippen LogP contribution in [0.2, 0.25) is 0 Å². The van der Waals surface area contributed by atoms with Gasteiger partial charge in [0, 0.05) is 51.0 Å². The summed E-state index contributed by atoms with van der Waals surface area (Å²) in [5.41, 5.74) is 1.99. The SMILES string of the molecule is O=C([C@@H](c1ccccc1)n1cnnn1)N1CCN(CCc2ccccn2)CC1. The summed E-state index contributed by atoms with van der Waals surface area (Å²) < 4.78 is 1.53. The second-order valence-electron chi connectivity index (χ2n) is 6.84. The van der Waals surface area contributed by atoms with Gasteiger partial charge in [-0.2, -0.15) is 0 Å². The molecular formula is C20H23N7O. The number of hydrogen-bond donors (Lipinski definition) is 0. The molecule has 4 rings (SSSR count). The molecule has 0 radical (unpaired) electrons. The normalized spacial score (nSPS) is 16.1. The Morgan fingerprint density at radius 2 is 1.79 bits per heavy atom. The number of aromatic nitrogens is 5. The second-order valence-corrected chi connectivity index (χ2v) is 6.84. The van der Waals surface area contributed by atoms with Gasteiger partial charge in [-0.25, -0.2) is 4.68 Å². The average molecular weight is 377 g/mol.